The molecule has 21 heavy (non-hydrogen) atoms. The summed E-state index contributed by atoms with van der Waals surface area (Å²) in [7, 11) is 0. The van der Waals surface area contributed by atoms with Gasteiger partial charge in [-0.25, -0.2) is 14.8 Å². The molecular weight excluding hydrogens is 281 g/mol. The third-order valence-corrected chi connectivity index (χ3v) is 2.45. The summed E-state index contributed by atoms with van der Waals surface area (Å²) in [6, 6.07) is 0. The average molecular weight is 301 g/mol. The van der Waals surface area contributed by atoms with E-state index in [-0.39, 0.29) is 18.5 Å². The lowest BCUT2D eigenvalue weighted by molar-refractivity contribution is 0.0118. The van der Waals surface area contributed by atoms with E-state index in [0.29, 0.717) is 0 Å². The van der Waals surface area contributed by atoms with Gasteiger partial charge < -0.3 is 20.3 Å². The summed E-state index contributed by atoms with van der Waals surface area (Å²) in [4.78, 5) is 18.0. The SMILES string of the molecule is CC(C)(C)OC(=O)NCCC(O)C(O)c1cnc(F)nc1. The Labute approximate surface area is 122 Å². The summed E-state index contributed by atoms with van der Waals surface area (Å²) in [5.41, 5.74) is -0.408. The summed E-state index contributed by atoms with van der Waals surface area (Å²) in [5.74, 6) is 0. The number of nitrogens with zero attached hydrogens (tertiary/aromatic N) is 2. The average Bonchev–Trinajstić information content (AvgIpc) is 2.36. The van der Waals surface area contributed by atoms with E-state index in [0.717, 1.165) is 12.4 Å². The molecule has 0 bridgehead atoms. The zero-order chi connectivity index (χ0) is 16.0. The molecule has 1 amide bonds. The summed E-state index contributed by atoms with van der Waals surface area (Å²) in [6.07, 6.45) is -1.63. The second kappa shape index (κ2) is 7.28. The van der Waals surface area contributed by atoms with E-state index in [2.05, 4.69) is 15.3 Å². The first-order chi connectivity index (χ1) is 9.69. The summed E-state index contributed by atoms with van der Waals surface area (Å²) >= 11 is 0. The molecule has 0 spiro atoms. The topological polar surface area (TPSA) is 105 Å². The van der Waals surface area contributed by atoms with Gasteiger partial charge >= 0.3 is 12.2 Å². The summed E-state index contributed by atoms with van der Waals surface area (Å²) < 4.78 is 17.6. The van der Waals surface area contributed by atoms with Gasteiger partial charge in [-0.15, -0.1) is 0 Å². The minimum atomic E-state index is -1.26. The molecule has 0 radical (unpaired) electrons. The molecule has 1 heterocycles. The van der Waals surface area contributed by atoms with E-state index in [1.54, 1.807) is 20.8 Å². The number of hydrogen-bond acceptors (Lipinski definition) is 6. The van der Waals surface area contributed by atoms with Gasteiger partial charge in [0.15, 0.2) is 0 Å². The van der Waals surface area contributed by atoms with Crippen molar-refractivity contribution < 1.29 is 24.1 Å². The van der Waals surface area contributed by atoms with E-state index < -0.39 is 30.0 Å². The molecule has 8 heteroatoms. The molecule has 0 saturated carbocycles. The predicted octanol–water partition coefficient (Wildman–Crippen LogP) is 0.925. The Bertz CT molecular complexity index is 461. The largest absolute Gasteiger partial charge is 0.444 e. The normalized spacial score (nSPS) is 14.4. The van der Waals surface area contributed by atoms with Gasteiger partial charge in [0, 0.05) is 24.5 Å². The van der Waals surface area contributed by atoms with Crippen LogP contribution in [0.1, 0.15) is 38.9 Å². The molecule has 0 fully saturated rings. The van der Waals surface area contributed by atoms with Crippen LogP contribution in [-0.4, -0.2) is 44.5 Å². The number of rotatable bonds is 5. The zero-order valence-corrected chi connectivity index (χ0v) is 12.2. The fourth-order valence-corrected chi connectivity index (χ4v) is 1.49. The van der Waals surface area contributed by atoms with Gasteiger partial charge in [0.25, 0.3) is 0 Å². The van der Waals surface area contributed by atoms with Crippen molar-refractivity contribution in [2.45, 2.75) is 45.0 Å². The molecule has 0 aliphatic heterocycles. The molecule has 0 aliphatic rings. The van der Waals surface area contributed by atoms with Gasteiger partial charge in [-0.1, -0.05) is 0 Å². The molecule has 0 aliphatic carbocycles. The molecule has 2 atom stereocenters. The van der Waals surface area contributed by atoms with Gasteiger partial charge in [0.05, 0.1) is 6.10 Å². The third-order valence-electron chi connectivity index (χ3n) is 2.45. The second-order valence-corrected chi connectivity index (χ2v) is 5.51. The minimum absolute atomic E-state index is 0.0950. The molecular formula is C13H20FN3O4. The van der Waals surface area contributed by atoms with Crippen LogP contribution in [0.4, 0.5) is 9.18 Å². The van der Waals surface area contributed by atoms with Crippen LogP contribution in [0, 0.1) is 6.08 Å². The van der Waals surface area contributed by atoms with E-state index in [9.17, 15) is 19.4 Å². The van der Waals surface area contributed by atoms with Crippen LogP contribution in [0.2, 0.25) is 0 Å². The van der Waals surface area contributed by atoms with Crippen LogP contribution in [0.3, 0.4) is 0 Å². The highest BCUT2D eigenvalue weighted by atomic mass is 19.1. The first-order valence-electron chi connectivity index (χ1n) is 6.49. The maximum Gasteiger partial charge on any atom is 0.407 e. The quantitative estimate of drug-likeness (QED) is 0.699. The van der Waals surface area contributed by atoms with Crippen molar-refractivity contribution >= 4 is 6.09 Å². The maximum absolute atomic E-state index is 12.6. The number of nitrogens with one attached hydrogen (secondary N) is 1. The van der Waals surface area contributed by atoms with Crippen LogP contribution in [0.15, 0.2) is 12.4 Å². The van der Waals surface area contributed by atoms with Gasteiger partial charge in [-0.2, -0.15) is 4.39 Å². The number of carbonyl (C=O) groups excluding carboxylic acids is 1. The molecule has 1 aromatic heterocycles. The maximum atomic E-state index is 12.6. The standard InChI is InChI=1S/C13H20FN3O4/c1-13(2,3)21-12(20)15-5-4-9(18)10(19)8-6-16-11(14)17-7-8/h6-7,9-10,18-19H,4-5H2,1-3H3,(H,15,20). The van der Waals surface area contributed by atoms with Gasteiger partial charge in [0.1, 0.15) is 11.7 Å². The highest BCUT2D eigenvalue weighted by Crippen LogP contribution is 2.17. The highest BCUT2D eigenvalue weighted by molar-refractivity contribution is 5.67. The van der Waals surface area contributed by atoms with Crippen molar-refractivity contribution in [3.63, 3.8) is 0 Å². The van der Waals surface area contributed by atoms with Crippen molar-refractivity contribution in [3.8, 4) is 0 Å². The first kappa shape index (κ1) is 17.3. The minimum Gasteiger partial charge on any atom is -0.444 e. The van der Waals surface area contributed by atoms with Crippen LogP contribution >= 0.6 is 0 Å². The van der Waals surface area contributed by atoms with Crippen LogP contribution in [0.5, 0.6) is 0 Å². The zero-order valence-electron chi connectivity index (χ0n) is 12.2. The number of carbonyl (C=O) groups is 1. The highest BCUT2D eigenvalue weighted by Gasteiger charge is 2.20. The molecule has 3 N–H and O–H groups in total. The third kappa shape index (κ3) is 6.46. The lowest BCUT2D eigenvalue weighted by Gasteiger charge is -2.21. The van der Waals surface area contributed by atoms with Crippen molar-refractivity contribution in [2.24, 2.45) is 0 Å². The number of aromatic nitrogens is 2. The van der Waals surface area contributed by atoms with Crippen molar-refractivity contribution in [1.29, 1.82) is 0 Å². The summed E-state index contributed by atoms with van der Waals surface area (Å²) in [6.45, 7) is 5.33. The number of amides is 1. The lowest BCUT2D eigenvalue weighted by Crippen LogP contribution is -2.34. The number of aliphatic hydroxyl groups is 2. The molecule has 2 unspecified atom stereocenters. The monoisotopic (exact) mass is 301 g/mol. The molecule has 1 aromatic rings. The number of hydrogen-bond donors (Lipinski definition) is 3. The van der Waals surface area contributed by atoms with E-state index in [1.165, 1.54) is 0 Å². The van der Waals surface area contributed by atoms with E-state index in [1.807, 2.05) is 0 Å². The fourth-order valence-electron chi connectivity index (χ4n) is 1.49. The summed E-state index contributed by atoms with van der Waals surface area (Å²) in [5, 5.41) is 22.1. The molecule has 7 nitrogen and oxygen atoms in total. The van der Waals surface area contributed by atoms with Crippen molar-refractivity contribution in [1.82, 2.24) is 15.3 Å². The van der Waals surface area contributed by atoms with Crippen molar-refractivity contribution in [3.05, 3.63) is 24.0 Å². The number of halogens is 1. The Balaban J connectivity index is 2.38. The first-order valence-corrected chi connectivity index (χ1v) is 6.49. The van der Waals surface area contributed by atoms with Gasteiger partial charge in [-0.05, 0) is 27.2 Å². The Morgan fingerprint density at radius 2 is 1.95 bits per heavy atom. The molecule has 0 saturated heterocycles. The van der Waals surface area contributed by atoms with Crippen LogP contribution < -0.4 is 5.32 Å². The lowest BCUT2D eigenvalue weighted by atomic mass is 10.1. The van der Waals surface area contributed by atoms with Crippen molar-refractivity contribution in [2.75, 3.05) is 6.54 Å². The smallest absolute Gasteiger partial charge is 0.407 e. The predicted molar refractivity (Wildman–Crippen MR) is 71.8 cm³/mol. The second-order valence-electron chi connectivity index (χ2n) is 5.51. The number of alkyl carbamates (subject to hydrolysis) is 1. The van der Waals surface area contributed by atoms with E-state index >= 15 is 0 Å². The number of ether oxygens (including phenoxy) is 1. The molecule has 118 valence electrons. The van der Waals surface area contributed by atoms with E-state index in [4.69, 9.17) is 4.74 Å². The van der Waals surface area contributed by atoms with Gasteiger partial charge in [0.2, 0.25) is 0 Å². The molecule has 0 aromatic carbocycles. The van der Waals surface area contributed by atoms with Crippen LogP contribution in [-0.2, 0) is 4.74 Å². The Hall–Kier alpha value is -1.80. The van der Waals surface area contributed by atoms with Crippen LogP contribution in [0.25, 0.3) is 0 Å². The number of aliphatic hydroxyl groups excluding tert-OH is 2. The Morgan fingerprint density at radius 3 is 2.48 bits per heavy atom. The Morgan fingerprint density at radius 1 is 1.38 bits per heavy atom. The molecule has 1 rings (SSSR count). The fraction of sp³-hybridized carbons (Fsp3) is 0.615. The van der Waals surface area contributed by atoms with Gasteiger partial charge in [-0.3, -0.25) is 0 Å². The Kier molecular flexibility index (Phi) is 5.98.